The maximum Gasteiger partial charge on any atom is 0.0952 e. The molecule has 0 aliphatic carbocycles. The third-order valence-electron chi connectivity index (χ3n) is 1.57. The SMILES string of the molecule is C1=CCN2C=NC=CC2=C1.CC. The van der Waals surface area contributed by atoms with Gasteiger partial charge in [0.05, 0.1) is 6.34 Å². The zero-order valence-corrected chi connectivity index (χ0v) is 7.57. The minimum absolute atomic E-state index is 0.944. The van der Waals surface area contributed by atoms with Crippen molar-refractivity contribution >= 4 is 6.34 Å². The van der Waals surface area contributed by atoms with Crippen LogP contribution in [0.4, 0.5) is 0 Å². The van der Waals surface area contributed by atoms with Crippen LogP contribution in [0.15, 0.2) is 41.2 Å². The summed E-state index contributed by atoms with van der Waals surface area (Å²) in [7, 11) is 0. The molecule has 0 saturated carbocycles. The van der Waals surface area contributed by atoms with Crippen molar-refractivity contribution in [2.24, 2.45) is 4.99 Å². The van der Waals surface area contributed by atoms with E-state index in [2.05, 4.69) is 28.1 Å². The predicted molar refractivity (Wildman–Crippen MR) is 52.9 cm³/mol. The van der Waals surface area contributed by atoms with E-state index >= 15 is 0 Å². The van der Waals surface area contributed by atoms with E-state index < -0.39 is 0 Å². The Balaban J connectivity index is 0.000000336. The Hall–Kier alpha value is -1.31. The Kier molecular flexibility index (Phi) is 3.33. The van der Waals surface area contributed by atoms with Gasteiger partial charge in [-0.15, -0.1) is 0 Å². The number of hydrogen-bond acceptors (Lipinski definition) is 2. The Bertz CT molecular complexity index is 247. The average Bonchev–Trinajstić information content (AvgIpc) is 2.21. The maximum atomic E-state index is 4.01. The summed E-state index contributed by atoms with van der Waals surface area (Å²) in [4.78, 5) is 6.10. The highest BCUT2D eigenvalue weighted by Crippen LogP contribution is 2.11. The molecule has 0 amide bonds. The molecule has 2 rings (SSSR count). The second-order valence-electron chi connectivity index (χ2n) is 2.25. The number of fused-ring (bicyclic) bond motifs is 1. The molecule has 0 bridgehead atoms. The van der Waals surface area contributed by atoms with E-state index in [0.717, 1.165) is 6.54 Å². The minimum Gasteiger partial charge on any atom is -0.329 e. The van der Waals surface area contributed by atoms with Crippen LogP contribution in [0.1, 0.15) is 13.8 Å². The fourth-order valence-electron chi connectivity index (χ4n) is 1.05. The number of hydrogen-bond donors (Lipinski definition) is 0. The second kappa shape index (κ2) is 4.54. The smallest absolute Gasteiger partial charge is 0.0952 e. The summed E-state index contributed by atoms with van der Waals surface area (Å²) in [6, 6.07) is 0. The highest BCUT2D eigenvalue weighted by Gasteiger charge is 2.06. The standard InChI is InChI=1S/C8H8N2.C2H6/c1-2-6-10-7-9-5-4-8(10)3-1;1-2/h1-5,7H,6H2;1-2H3. The normalized spacial score (nSPS) is 17.8. The molecule has 2 aliphatic heterocycles. The highest BCUT2D eigenvalue weighted by atomic mass is 15.2. The first kappa shape index (κ1) is 8.78. The van der Waals surface area contributed by atoms with Crippen molar-refractivity contribution in [3.63, 3.8) is 0 Å². The average molecular weight is 162 g/mol. The third kappa shape index (κ3) is 1.84. The van der Waals surface area contributed by atoms with E-state index in [9.17, 15) is 0 Å². The summed E-state index contributed by atoms with van der Waals surface area (Å²) in [5.74, 6) is 0. The van der Waals surface area contributed by atoms with Crippen molar-refractivity contribution < 1.29 is 0 Å². The molecule has 0 atom stereocenters. The van der Waals surface area contributed by atoms with Crippen molar-refractivity contribution in [3.8, 4) is 0 Å². The number of nitrogens with zero attached hydrogens (tertiary/aromatic N) is 2. The molecule has 64 valence electrons. The fraction of sp³-hybridized carbons (Fsp3) is 0.300. The minimum atomic E-state index is 0.944. The molecule has 0 aromatic carbocycles. The van der Waals surface area contributed by atoms with Gasteiger partial charge in [-0.3, -0.25) is 0 Å². The summed E-state index contributed by atoms with van der Waals surface area (Å²) in [5, 5.41) is 0. The van der Waals surface area contributed by atoms with Gasteiger partial charge >= 0.3 is 0 Å². The second-order valence-corrected chi connectivity index (χ2v) is 2.25. The van der Waals surface area contributed by atoms with Gasteiger partial charge in [0.15, 0.2) is 0 Å². The molecule has 0 aromatic rings. The molecular formula is C10H14N2. The lowest BCUT2D eigenvalue weighted by molar-refractivity contribution is 0.592. The Morgan fingerprint density at radius 3 is 3.00 bits per heavy atom. The molecule has 0 N–H and O–H groups in total. The quantitative estimate of drug-likeness (QED) is 0.533. The molecule has 2 nitrogen and oxygen atoms in total. The van der Waals surface area contributed by atoms with Gasteiger partial charge in [0.1, 0.15) is 0 Å². The summed E-state index contributed by atoms with van der Waals surface area (Å²) >= 11 is 0. The van der Waals surface area contributed by atoms with Crippen molar-refractivity contribution in [2.45, 2.75) is 13.8 Å². The van der Waals surface area contributed by atoms with Crippen LogP contribution in [0.2, 0.25) is 0 Å². The molecule has 0 radical (unpaired) electrons. The molecule has 0 unspecified atom stereocenters. The molecular weight excluding hydrogens is 148 g/mol. The summed E-state index contributed by atoms with van der Waals surface area (Å²) in [6.07, 6.45) is 11.9. The Morgan fingerprint density at radius 2 is 2.25 bits per heavy atom. The molecule has 0 fully saturated rings. The van der Waals surface area contributed by atoms with Gasteiger partial charge in [-0.05, 0) is 12.2 Å². The predicted octanol–water partition coefficient (Wildman–Crippen LogP) is 2.32. The molecule has 2 aliphatic rings. The largest absolute Gasteiger partial charge is 0.329 e. The lowest BCUT2D eigenvalue weighted by atomic mass is 10.2. The number of rotatable bonds is 0. The zero-order valence-electron chi connectivity index (χ0n) is 7.57. The molecule has 2 heteroatoms. The van der Waals surface area contributed by atoms with Crippen LogP contribution in [0.25, 0.3) is 0 Å². The summed E-state index contributed by atoms with van der Waals surface area (Å²) in [5.41, 5.74) is 1.22. The van der Waals surface area contributed by atoms with Crippen LogP contribution in [-0.2, 0) is 0 Å². The lowest BCUT2D eigenvalue weighted by Crippen LogP contribution is -2.23. The number of aliphatic imine (C=N–C) groups is 1. The summed E-state index contributed by atoms with van der Waals surface area (Å²) < 4.78 is 0. The van der Waals surface area contributed by atoms with Crippen LogP contribution >= 0.6 is 0 Å². The topological polar surface area (TPSA) is 15.6 Å². The van der Waals surface area contributed by atoms with Gasteiger partial charge in [0.25, 0.3) is 0 Å². The van der Waals surface area contributed by atoms with Crippen LogP contribution in [0, 0.1) is 0 Å². The van der Waals surface area contributed by atoms with Crippen molar-refractivity contribution in [3.05, 3.63) is 36.2 Å². The molecule has 12 heavy (non-hydrogen) atoms. The third-order valence-corrected chi connectivity index (χ3v) is 1.57. The van der Waals surface area contributed by atoms with Gasteiger partial charge in [-0.1, -0.05) is 26.0 Å². The van der Waals surface area contributed by atoms with Crippen molar-refractivity contribution in [2.75, 3.05) is 6.54 Å². The van der Waals surface area contributed by atoms with Gasteiger partial charge in [0, 0.05) is 18.4 Å². The van der Waals surface area contributed by atoms with Crippen LogP contribution < -0.4 is 0 Å². The van der Waals surface area contributed by atoms with Crippen molar-refractivity contribution in [1.82, 2.24) is 4.90 Å². The fourth-order valence-corrected chi connectivity index (χ4v) is 1.05. The molecule has 0 saturated heterocycles. The first-order chi connectivity index (χ1) is 5.97. The van der Waals surface area contributed by atoms with E-state index in [1.54, 1.807) is 0 Å². The molecule has 0 aromatic heterocycles. The highest BCUT2D eigenvalue weighted by molar-refractivity contribution is 5.63. The monoisotopic (exact) mass is 162 g/mol. The van der Waals surface area contributed by atoms with Crippen LogP contribution in [-0.4, -0.2) is 17.8 Å². The van der Waals surface area contributed by atoms with Gasteiger partial charge in [0.2, 0.25) is 0 Å². The van der Waals surface area contributed by atoms with E-state index in [1.165, 1.54) is 5.70 Å². The van der Waals surface area contributed by atoms with Gasteiger partial charge in [-0.25, -0.2) is 4.99 Å². The summed E-state index contributed by atoms with van der Waals surface area (Å²) in [6.45, 7) is 4.94. The van der Waals surface area contributed by atoms with E-state index in [1.807, 2.05) is 32.5 Å². The first-order valence-corrected chi connectivity index (χ1v) is 4.30. The van der Waals surface area contributed by atoms with Crippen molar-refractivity contribution in [1.29, 1.82) is 0 Å². The van der Waals surface area contributed by atoms with Gasteiger partial charge < -0.3 is 4.90 Å². The Labute approximate surface area is 73.6 Å². The zero-order chi connectivity index (χ0) is 8.81. The lowest BCUT2D eigenvalue weighted by Gasteiger charge is -2.22. The first-order valence-electron chi connectivity index (χ1n) is 4.30. The molecule has 2 heterocycles. The van der Waals surface area contributed by atoms with E-state index in [0.29, 0.717) is 0 Å². The van der Waals surface area contributed by atoms with Gasteiger partial charge in [-0.2, -0.15) is 0 Å². The van der Waals surface area contributed by atoms with E-state index in [-0.39, 0.29) is 0 Å². The maximum absolute atomic E-state index is 4.01. The molecule has 0 spiro atoms. The Morgan fingerprint density at radius 1 is 1.42 bits per heavy atom. The van der Waals surface area contributed by atoms with E-state index in [4.69, 9.17) is 0 Å². The number of allylic oxidation sites excluding steroid dienone is 3. The van der Waals surface area contributed by atoms with Crippen LogP contribution in [0.3, 0.4) is 0 Å². The van der Waals surface area contributed by atoms with Crippen LogP contribution in [0.5, 0.6) is 0 Å².